The van der Waals surface area contributed by atoms with E-state index in [0.29, 0.717) is 6.61 Å². The summed E-state index contributed by atoms with van der Waals surface area (Å²) in [5.74, 6) is 0.922. The molecular formula is C19H29N3O2. The molecule has 0 amide bonds. The number of ether oxygens (including phenoxy) is 1. The van der Waals surface area contributed by atoms with Gasteiger partial charge >= 0.3 is 0 Å². The fraction of sp³-hybridized carbons (Fsp3) is 0.579. The second-order valence-electron chi connectivity index (χ2n) is 6.31. The van der Waals surface area contributed by atoms with Gasteiger partial charge in [0.1, 0.15) is 18.4 Å². The Labute approximate surface area is 144 Å². The lowest BCUT2D eigenvalue weighted by atomic mass is 10.00. The fourth-order valence-corrected chi connectivity index (χ4v) is 2.85. The van der Waals surface area contributed by atoms with Crippen LogP contribution in [-0.2, 0) is 0 Å². The quantitative estimate of drug-likeness (QED) is 0.634. The van der Waals surface area contributed by atoms with Crippen LogP contribution in [0, 0.1) is 6.92 Å². The monoisotopic (exact) mass is 331 g/mol. The highest BCUT2D eigenvalue weighted by molar-refractivity contribution is 5.27. The van der Waals surface area contributed by atoms with E-state index in [-0.39, 0.29) is 12.1 Å². The van der Waals surface area contributed by atoms with Crippen LogP contribution < -0.4 is 4.74 Å². The zero-order valence-corrected chi connectivity index (χ0v) is 14.8. The second-order valence-corrected chi connectivity index (χ2v) is 6.31. The molecule has 2 rings (SSSR count). The summed E-state index contributed by atoms with van der Waals surface area (Å²) in [7, 11) is 0. The SMILES string of the molecule is CCCCC(O)C(CCCCOc1cccc(C)c1)n1cncn1. The zero-order chi connectivity index (χ0) is 17.2. The van der Waals surface area contributed by atoms with Gasteiger partial charge in [0.15, 0.2) is 0 Å². The summed E-state index contributed by atoms with van der Waals surface area (Å²) in [5, 5.41) is 14.7. The van der Waals surface area contributed by atoms with Gasteiger partial charge in [0.2, 0.25) is 0 Å². The summed E-state index contributed by atoms with van der Waals surface area (Å²) in [4.78, 5) is 4.01. The molecule has 0 spiro atoms. The van der Waals surface area contributed by atoms with Crippen LogP contribution in [-0.4, -0.2) is 32.6 Å². The van der Waals surface area contributed by atoms with E-state index in [1.807, 2.05) is 18.2 Å². The number of aryl methyl sites for hydroxylation is 1. The normalized spacial score (nSPS) is 13.6. The van der Waals surface area contributed by atoms with Crippen molar-refractivity contribution in [3.63, 3.8) is 0 Å². The van der Waals surface area contributed by atoms with Crippen LogP contribution in [0.1, 0.15) is 57.1 Å². The van der Waals surface area contributed by atoms with Gasteiger partial charge in [-0.2, -0.15) is 5.10 Å². The first kappa shape index (κ1) is 18.5. The Bertz CT molecular complexity index is 572. The number of benzene rings is 1. The molecule has 0 saturated carbocycles. The van der Waals surface area contributed by atoms with Crippen LogP contribution in [0.4, 0.5) is 0 Å². The van der Waals surface area contributed by atoms with Crippen LogP contribution in [0.25, 0.3) is 0 Å². The maximum Gasteiger partial charge on any atom is 0.137 e. The number of unbranched alkanes of at least 4 members (excludes halogenated alkanes) is 2. The van der Waals surface area contributed by atoms with Crippen molar-refractivity contribution in [2.75, 3.05) is 6.61 Å². The number of hydrogen-bond acceptors (Lipinski definition) is 4. The molecule has 0 bridgehead atoms. The Balaban J connectivity index is 1.76. The third-order valence-corrected chi connectivity index (χ3v) is 4.23. The highest BCUT2D eigenvalue weighted by atomic mass is 16.5. The van der Waals surface area contributed by atoms with Crippen molar-refractivity contribution >= 4 is 0 Å². The Morgan fingerprint density at radius 1 is 1.21 bits per heavy atom. The number of hydrogen-bond donors (Lipinski definition) is 1. The topological polar surface area (TPSA) is 60.2 Å². The van der Waals surface area contributed by atoms with E-state index in [1.54, 1.807) is 11.0 Å². The van der Waals surface area contributed by atoms with Gasteiger partial charge in [-0.1, -0.05) is 31.9 Å². The molecule has 0 saturated heterocycles. The molecule has 0 aliphatic heterocycles. The van der Waals surface area contributed by atoms with Gasteiger partial charge in [-0.3, -0.25) is 0 Å². The molecule has 132 valence electrons. The highest BCUT2D eigenvalue weighted by Gasteiger charge is 2.20. The average Bonchev–Trinajstić information content (AvgIpc) is 3.10. The zero-order valence-electron chi connectivity index (χ0n) is 14.8. The predicted octanol–water partition coefficient (Wildman–Crippen LogP) is 3.93. The molecule has 1 aromatic carbocycles. The molecular weight excluding hydrogens is 302 g/mol. The molecule has 2 atom stereocenters. The van der Waals surface area contributed by atoms with E-state index in [4.69, 9.17) is 4.74 Å². The highest BCUT2D eigenvalue weighted by Crippen LogP contribution is 2.22. The maximum atomic E-state index is 10.5. The molecule has 0 radical (unpaired) electrons. The molecule has 1 heterocycles. The van der Waals surface area contributed by atoms with Gasteiger partial charge in [-0.25, -0.2) is 9.67 Å². The molecule has 1 aromatic heterocycles. The van der Waals surface area contributed by atoms with Gasteiger partial charge in [-0.05, 0) is 50.3 Å². The Kier molecular flexibility index (Phi) is 7.75. The van der Waals surface area contributed by atoms with Gasteiger partial charge in [0.05, 0.1) is 18.8 Å². The van der Waals surface area contributed by atoms with E-state index in [0.717, 1.165) is 44.3 Å². The minimum Gasteiger partial charge on any atom is -0.494 e. The Morgan fingerprint density at radius 3 is 2.79 bits per heavy atom. The Hall–Kier alpha value is -1.88. The van der Waals surface area contributed by atoms with Crippen LogP contribution >= 0.6 is 0 Å². The summed E-state index contributed by atoms with van der Waals surface area (Å²) in [5.41, 5.74) is 1.21. The van der Waals surface area contributed by atoms with Crippen molar-refractivity contribution in [3.8, 4) is 5.75 Å². The molecule has 24 heavy (non-hydrogen) atoms. The first-order valence-corrected chi connectivity index (χ1v) is 8.92. The summed E-state index contributed by atoms with van der Waals surface area (Å²) in [6.45, 7) is 4.89. The van der Waals surface area contributed by atoms with Crippen molar-refractivity contribution in [2.45, 2.75) is 64.5 Å². The molecule has 2 unspecified atom stereocenters. The van der Waals surface area contributed by atoms with E-state index < -0.39 is 0 Å². The summed E-state index contributed by atoms with van der Waals surface area (Å²) in [6.07, 6.45) is 8.60. The molecule has 0 aliphatic carbocycles. The molecule has 5 heteroatoms. The first-order chi connectivity index (χ1) is 11.7. The van der Waals surface area contributed by atoms with E-state index in [2.05, 4.69) is 30.0 Å². The number of rotatable bonds is 11. The van der Waals surface area contributed by atoms with Crippen molar-refractivity contribution in [2.24, 2.45) is 0 Å². The second kappa shape index (κ2) is 10.1. The third kappa shape index (κ3) is 5.96. The van der Waals surface area contributed by atoms with E-state index in [1.165, 1.54) is 11.9 Å². The van der Waals surface area contributed by atoms with Gasteiger partial charge < -0.3 is 9.84 Å². The number of aliphatic hydroxyl groups is 1. The predicted molar refractivity (Wildman–Crippen MR) is 95.1 cm³/mol. The van der Waals surface area contributed by atoms with Crippen LogP contribution in [0.5, 0.6) is 5.75 Å². The average molecular weight is 331 g/mol. The number of nitrogens with zero attached hydrogens (tertiary/aromatic N) is 3. The lowest BCUT2D eigenvalue weighted by molar-refractivity contribution is 0.0878. The van der Waals surface area contributed by atoms with E-state index in [9.17, 15) is 5.11 Å². The summed E-state index contributed by atoms with van der Waals surface area (Å²) < 4.78 is 7.58. The van der Waals surface area contributed by atoms with Crippen molar-refractivity contribution in [1.82, 2.24) is 14.8 Å². The standard InChI is InChI=1S/C19H29N3O2/c1-3-4-11-19(23)18(22-15-20-14-21-22)10-5-6-12-24-17-9-7-8-16(2)13-17/h7-9,13-15,18-19,23H,3-6,10-12H2,1-2H3. The molecule has 0 aliphatic rings. The van der Waals surface area contributed by atoms with Gasteiger partial charge in [0.25, 0.3) is 0 Å². The van der Waals surface area contributed by atoms with Crippen molar-refractivity contribution < 1.29 is 9.84 Å². The number of aliphatic hydroxyl groups excluding tert-OH is 1. The Morgan fingerprint density at radius 2 is 2.08 bits per heavy atom. The summed E-state index contributed by atoms with van der Waals surface area (Å²) >= 11 is 0. The molecule has 0 fully saturated rings. The lowest BCUT2D eigenvalue weighted by Crippen LogP contribution is -2.25. The number of aromatic nitrogens is 3. The van der Waals surface area contributed by atoms with Crippen LogP contribution in [0.2, 0.25) is 0 Å². The largest absolute Gasteiger partial charge is 0.494 e. The minimum atomic E-state index is -0.371. The fourth-order valence-electron chi connectivity index (χ4n) is 2.85. The van der Waals surface area contributed by atoms with Crippen LogP contribution in [0.15, 0.2) is 36.9 Å². The van der Waals surface area contributed by atoms with E-state index >= 15 is 0 Å². The minimum absolute atomic E-state index is 0.00183. The molecule has 1 N–H and O–H groups in total. The first-order valence-electron chi connectivity index (χ1n) is 8.92. The molecule has 5 nitrogen and oxygen atoms in total. The smallest absolute Gasteiger partial charge is 0.137 e. The summed E-state index contributed by atoms with van der Waals surface area (Å²) in [6, 6.07) is 8.10. The maximum absolute atomic E-state index is 10.5. The van der Waals surface area contributed by atoms with Crippen LogP contribution in [0.3, 0.4) is 0 Å². The van der Waals surface area contributed by atoms with Crippen molar-refractivity contribution in [1.29, 1.82) is 0 Å². The van der Waals surface area contributed by atoms with Gasteiger partial charge in [0, 0.05) is 0 Å². The third-order valence-electron chi connectivity index (χ3n) is 4.23. The van der Waals surface area contributed by atoms with Gasteiger partial charge in [-0.15, -0.1) is 0 Å². The molecule has 2 aromatic rings. The van der Waals surface area contributed by atoms with Crippen molar-refractivity contribution in [3.05, 3.63) is 42.5 Å². The lowest BCUT2D eigenvalue weighted by Gasteiger charge is -2.23.